The summed E-state index contributed by atoms with van der Waals surface area (Å²) in [6.07, 6.45) is 1.16. The fourth-order valence-electron chi connectivity index (χ4n) is 1.97. The van der Waals surface area contributed by atoms with Gasteiger partial charge in [-0.15, -0.1) is 0 Å². The first-order valence-corrected chi connectivity index (χ1v) is 7.27. The first-order valence-electron chi connectivity index (χ1n) is 7.27. The molecule has 1 aromatic carbocycles. The fraction of sp³-hybridized carbons (Fsp3) is 0.188. The van der Waals surface area contributed by atoms with Gasteiger partial charge in [0.1, 0.15) is 11.3 Å². The molecule has 9 heteroatoms. The predicted molar refractivity (Wildman–Crippen MR) is 87.6 cm³/mol. The highest BCUT2D eigenvalue weighted by atomic mass is 16.6. The Hall–Kier alpha value is -3.49. The SMILES string of the molecule is CCOC(=O)c1cc(C)oc1/C=N\NC(=O)c1cccc([N+](=O)[O-])c1. The summed E-state index contributed by atoms with van der Waals surface area (Å²) in [4.78, 5) is 33.9. The Morgan fingerprint density at radius 3 is 2.84 bits per heavy atom. The maximum absolute atomic E-state index is 12.0. The lowest BCUT2D eigenvalue weighted by molar-refractivity contribution is -0.384. The van der Waals surface area contributed by atoms with Crippen LogP contribution in [0.25, 0.3) is 0 Å². The van der Waals surface area contributed by atoms with Gasteiger partial charge in [0, 0.05) is 17.7 Å². The molecule has 0 aliphatic rings. The van der Waals surface area contributed by atoms with Crippen LogP contribution >= 0.6 is 0 Å². The lowest BCUT2D eigenvalue weighted by Gasteiger charge is -2.00. The van der Waals surface area contributed by atoms with Crippen LogP contribution in [-0.4, -0.2) is 29.6 Å². The van der Waals surface area contributed by atoms with Gasteiger partial charge in [-0.2, -0.15) is 5.10 Å². The van der Waals surface area contributed by atoms with Crippen LogP contribution in [0.4, 0.5) is 5.69 Å². The number of amides is 1. The summed E-state index contributed by atoms with van der Waals surface area (Å²) in [5.41, 5.74) is 2.28. The minimum Gasteiger partial charge on any atom is -0.462 e. The molecule has 0 radical (unpaired) electrons. The average Bonchev–Trinajstić information content (AvgIpc) is 2.96. The highest BCUT2D eigenvalue weighted by Gasteiger charge is 2.16. The maximum atomic E-state index is 12.0. The van der Waals surface area contributed by atoms with E-state index in [1.54, 1.807) is 13.8 Å². The molecule has 0 saturated carbocycles. The van der Waals surface area contributed by atoms with E-state index in [1.165, 1.54) is 24.3 Å². The van der Waals surface area contributed by atoms with Gasteiger partial charge >= 0.3 is 5.97 Å². The molecular formula is C16H15N3O6. The second kappa shape index (κ2) is 7.86. The van der Waals surface area contributed by atoms with Crippen LogP contribution in [0.3, 0.4) is 0 Å². The standard InChI is InChI=1S/C16H15N3O6/c1-3-24-16(21)13-7-10(2)25-14(13)9-17-18-15(20)11-5-4-6-12(8-11)19(22)23/h4-9H,3H2,1-2H3,(H,18,20)/b17-9-. The van der Waals surface area contributed by atoms with E-state index in [-0.39, 0.29) is 29.2 Å². The van der Waals surface area contributed by atoms with Crippen molar-refractivity contribution in [1.29, 1.82) is 0 Å². The number of nitrogens with zero attached hydrogens (tertiary/aromatic N) is 2. The number of carbonyl (C=O) groups is 2. The number of ether oxygens (including phenoxy) is 1. The molecule has 2 aromatic rings. The number of benzene rings is 1. The predicted octanol–water partition coefficient (Wildman–Crippen LogP) is 2.44. The molecule has 2 rings (SSSR count). The molecule has 0 bridgehead atoms. The van der Waals surface area contributed by atoms with Crippen molar-refractivity contribution in [3.63, 3.8) is 0 Å². The van der Waals surface area contributed by atoms with Crippen LogP contribution in [0, 0.1) is 17.0 Å². The lowest BCUT2D eigenvalue weighted by atomic mass is 10.2. The smallest absolute Gasteiger partial charge is 0.342 e. The van der Waals surface area contributed by atoms with E-state index < -0.39 is 16.8 Å². The monoisotopic (exact) mass is 345 g/mol. The first kappa shape index (κ1) is 17.9. The van der Waals surface area contributed by atoms with Gasteiger partial charge in [0.2, 0.25) is 0 Å². The van der Waals surface area contributed by atoms with Crippen molar-refractivity contribution in [2.45, 2.75) is 13.8 Å². The largest absolute Gasteiger partial charge is 0.462 e. The highest BCUT2D eigenvalue weighted by Crippen LogP contribution is 2.15. The summed E-state index contributed by atoms with van der Waals surface area (Å²) < 4.78 is 10.2. The molecule has 130 valence electrons. The van der Waals surface area contributed by atoms with E-state index in [4.69, 9.17) is 9.15 Å². The molecule has 0 spiro atoms. The van der Waals surface area contributed by atoms with E-state index >= 15 is 0 Å². The molecule has 1 aromatic heterocycles. The van der Waals surface area contributed by atoms with Crippen LogP contribution in [0.2, 0.25) is 0 Å². The molecule has 25 heavy (non-hydrogen) atoms. The number of hydrazone groups is 1. The van der Waals surface area contributed by atoms with Gasteiger partial charge in [-0.25, -0.2) is 10.2 Å². The number of hydrogen-bond acceptors (Lipinski definition) is 7. The van der Waals surface area contributed by atoms with Gasteiger partial charge in [-0.1, -0.05) is 6.07 Å². The lowest BCUT2D eigenvalue weighted by Crippen LogP contribution is -2.17. The van der Waals surface area contributed by atoms with Gasteiger partial charge in [-0.05, 0) is 26.0 Å². The summed E-state index contributed by atoms with van der Waals surface area (Å²) in [6, 6.07) is 6.72. The number of non-ortho nitro benzene ring substituents is 1. The second-order valence-corrected chi connectivity index (χ2v) is 4.86. The Kier molecular flexibility index (Phi) is 5.62. The van der Waals surface area contributed by atoms with Crippen LogP contribution in [-0.2, 0) is 4.74 Å². The zero-order chi connectivity index (χ0) is 18.4. The van der Waals surface area contributed by atoms with Crippen molar-refractivity contribution in [1.82, 2.24) is 5.43 Å². The molecule has 1 heterocycles. The van der Waals surface area contributed by atoms with Crippen molar-refractivity contribution in [2.75, 3.05) is 6.61 Å². The Balaban J connectivity index is 2.11. The molecule has 1 amide bonds. The van der Waals surface area contributed by atoms with Crippen LogP contribution < -0.4 is 5.43 Å². The number of hydrogen-bond donors (Lipinski definition) is 1. The molecule has 0 unspecified atom stereocenters. The normalized spacial score (nSPS) is 10.6. The number of aryl methyl sites for hydroxylation is 1. The van der Waals surface area contributed by atoms with Gasteiger partial charge in [-0.3, -0.25) is 14.9 Å². The van der Waals surface area contributed by atoms with Crippen LogP contribution in [0.5, 0.6) is 0 Å². The summed E-state index contributed by atoms with van der Waals surface area (Å²) in [6.45, 7) is 3.54. The zero-order valence-corrected chi connectivity index (χ0v) is 13.5. The van der Waals surface area contributed by atoms with Gasteiger partial charge in [0.15, 0.2) is 5.76 Å². The molecule has 0 aliphatic carbocycles. The number of esters is 1. The summed E-state index contributed by atoms with van der Waals surface area (Å²) in [5, 5.41) is 14.4. The van der Waals surface area contributed by atoms with Gasteiger partial charge in [0.25, 0.3) is 11.6 Å². The fourth-order valence-corrected chi connectivity index (χ4v) is 1.97. The van der Waals surface area contributed by atoms with Crippen LogP contribution in [0.15, 0.2) is 39.9 Å². The highest BCUT2D eigenvalue weighted by molar-refractivity contribution is 5.99. The van der Waals surface area contributed by atoms with Gasteiger partial charge in [0.05, 0.1) is 17.7 Å². The van der Waals surface area contributed by atoms with Crippen LogP contribution in [0.1, 0.15) is 39.2 Å². The molecular weight excluding hydrogens is 330 g/mol. The molecule has 1 N–H and O–H groups in total. The third-order valence-electron chi connectivity index (χ3n) is 3.05. The third-order valence-corrected chi connectivity index (χ3v) is 3.05. The van der Waals surface area contributed by atoms with Crippen molar-refractivity contribution in [2.24, 2.45) is 5.10 Å². The van der Waals surface area contributed by atoms with Crippen molar-refractivity contribution >= 4 is 23.8 Å². The Morgan fingerprint density at radius 2 is 2.16 bits per heavy atom. The average molecular weight is 345 g/mol. The summed E-state index contributed by atoms with van der Waals surface area (Å²) in [5.74, 6) is -0.587. The molecule has 9 nitrogen and oxygen atoms in total. The Bertz CT molecular complexity index is 840. The van der Waals surface area contributed by atoms with E-state index in [0.717, 1.165) is 12.3 Å². The van der Waals surface area contributed by atoms with E-state index in [2.05, 4.69) is 10.5 Å². The quantitative estimate of drug-likeness (QED) is 0.371. The van der Waals surface area contributed by atoms with E-state index in [1.807, 2.05) is 0 Å². The molecule has 0 atom stereocenters. The number of nitrogens with one attached hydrogen (secondary N) is 1. The summed E-state index contributed by atoms with van der Waals surface area (Å²) >= 11 is 0. The molecule has 0 saturated heterocycles. The number of rotatable bonds is 6. The maximum Gasteiger partial charge on any atom is 0.342 e. The number of carbonyl (C=O) groups excluding carboxylic acids is 2. The Labute approximate surface area is 142 Å². The zero-order valence-electron chi connectivity index (χ0n) is 13.5. The van der Waals surface area contributed by atoms with E-state index in [0.29, 0.717) is 5.76 Å². The minimum atomic E-state index is -0.638. The van der Waals surface area contributed by atoms with E-state index in [9.17, 15) is 19.7 Å². The van der Waals surface area contributed by atoms with Gasteiger partial charge < -0.3 is 9.15 Å². The first-order chi connectivity index (χ1) is 11.9. The van der Waals surface area contributed by atoms with Crippen molar-refractivity contribution in [3.05, 3.63) is 63.1 Å². The molecule has 0 fully saturated rings. The topological polar surface area (TPSA) is 124 Å². The summed E-state index contributed by atoms with van der Waals surface area (Å²) in [7, 11) is 0. The van der Waals surface area contributed by atoms with Crippen molar-refractivity contribution in [3.8, 4) is 0 Å². The third kappa shape index (κ3) is 4.50. The Morgan fingerprint density at radius 1 is 1.40 bits per heavy atom. The molecule has 0 aliphatic heterocycles. The van der Waals surface area contributed by atoms with Crippen molar-refractivity contribution < 1.29 is 23.7 Å². The second-order valence-electron chi connectivity index (χ2n) is 4.86. The number of nitro groups is 1. The number of furan rings is 1. The minimum absolute atomic E-state index is 0.0765. The number of nitro benzene ring substituents is 1.